The van der Waals surface area contributed by atoms with Gasteiger partial charge in [-0.25, -0.2) is 4.79 Å². The van der Waals surface area contributed by atoms with E-state index in [1.165, 1.54) is 0 Å². The molecule has 2 rings (SSSR count). The lowest BCUT2D eigenvalue weighted by Gasteiger charge is -2.12. The van der Waals surface area contributed by atoms with Crippen LogP contribution in [0.25, 0.3) is 11.0 Å². The number of hydrogen-bond donors (Lipinski definition) is 4. The van der Waals surface area contributed by atoms with Gasteiger partial charge in [0, 0.05) is 18.2 Å². The third-order valence-corrected chi connectivity index (χ3v) is 2.84. The van der Waals surface area contributed by atoms with Crippen LogP contribution in [0.4, 0.5) is 5.69 Å². The van der Waals surface area contributed by atoms with E-state index in [1.54, 1.807) is 18.2 Å². The predicted octanol–water partition coefficient (Wildman–Crippen LogP) is 1.18. The van der Waals surface area contributed by atoms with Crippen molar-refractivity contribution in [1.29, 1.82) is 0 Å². The van der Waals surface area contributed by atoms with Gasteiger partial charge in [0.25, 0.3) is 0 Å². The zero-order chi connectivity index (χ0) is 13.8. The van der Waals surface area contributed by atoms with Crippen LogP contribution in [0.15, 0.2) is 23.0 Å². The molecule has 102 valence electrons. The Bertz CT molecular complexity index is 629. The molecule has 1 atom stereocenters. The van der Waals surface area contributed by atoms with Crippen molar-refractivity contribution in [3.05, 3.63) is 28.7 Å². The Balaban J connectivity index is 2.04. The summed E-state index contributed by atoms with van der Waals surface area (Å²) < 4.78 is 0. The topological polar surface area (TPSA) is 89.8 Å². The molecule has 0 aliphatic carbocycles. The maximum absolute atomic E-state index is 11.8. The van der Waals surface area contributed by atoms with Gasteiger partial charge in [0.15, 0.2) is 0 Å². The number of rotatable bonds is 5. The summed E-state index contributed by atoms with van der Waals surface area (Å²) in [5, 5.41) is 6.00. The molecule has 0 aliphatic heterocycles. The molecule has 1 unspecified atom stereocenters. The number of anilines is 1. The molecule has 0 radical (unpaired) electrons. The Hall–Kier alpha value is -2.08. The largest absolute Gasteiger partial charge is 0.326 e. The van der Waals surface area contributed by atoms with Gasteiger partial charge in [0.2, 0.25) is 5.91 Å². The van der Waals surface area contributed by atoms with Crippen molar-refractivity contribution >= 4 is 22.6 Å². The summed E-state index contributed by atoms with van der Waals surface area (Å²) in [6.45, 7) is 4.81. The minimum atomic E-state index is -0.251. The molecule has 1 amide bonds. The van der Waals surface area contributed by atoms with Crippen LogP contribution >= 0.6 is 0 Å². The van der Waals surface area contributed by atoms with E-state index in [0.29, 0.717) is 17.6 Å². The number of hydrogen-bond acceptors (Lipinski definition) is 3. The van der Waals surface area contributed by atoms with Crippen LogP contribution in [-0.2, 0) is 4.79 Å². The lowest BCUT2D eigenvalue weighted by molar-refractivity contribution is -0.116. The summed E-state index contributed by atoms with van der Waals surface area (Å²) in [6, 6.07) is 5.41. The molecule has 0 spiro atoms. The first-order valence-electron chi connectivity index (χ1n) is 6.33. The Morgan fingerprint density at radius 2 is 2.05 bits per heavy atom. The number of imidazole rings is 1. The molecule has 0 bridgehead atoms. The van der Waals surface area contributed by atoms with Gasteiger partial charge in [-0.2, -0.15) is 0 Å². The van der Waals surface area contributed by atoms with E-state index in [-0.39, 0.29) is 17.6 Å². The summed E-state index contributed by atoms with van der Waals surface area (Å²) in [5.74, 6) is -0.0503. The van der Waals surface area contributed by atoms with Crippen molar-refractivity contribution in [1.82, 2.24) is 15.3 Å². The number of aromatic nitrogens is 2. The van der Waals surface area contributed by atoms with Gasteiger partial charge in [-0.3, -0.25) is 4.79 Å². The highest BCUT2D eigenvalue weighted by Gasteiger charge is 2.08. The fourth-order valence-corrected chi connectivity index (χ4v) is 2.02. The van der Waals surface area contributed by atoms with Gasteiger partial charge in [-0.05, 0) is 31.7 Å². The summed E-state index contributed by atoms with van der Waals surface area (Å²) >= 11 is 0. The highest BCUT2D eigenvalue weighted by atomic mass is 16.1. The second-order valence-electron chi connectivity index (χ2n) is 4.55. The number of carbonyl (C=O) groups is 1. The van der Waals surface area contributed by atoms with E-state index in [9.17, 15) is 9.59 Å². The van der Waals surface area contributed by atoms with Crippen molar-refractivity contribution in [3.63, 3.8) is 0 Å². The second-order valence-corrected chi connectivity index (χ2v) is 4.55. The second kappa shape index (κ2) is 5.71. The number of nitrogens with one attached hydrogen (secondary N) is 4. The lowest BCUT2D eigenvalue weighted by atomic mass is 10.2. The Morgan fingerprint density at radius 3 is 2.79 bits per heavy atom. The van der Waals surface area contributed by atoms with E-state index in [1.807, 2.05) is 13.8 Å². The summed E-state index contributed by atoms with van der Waals surface area (Å²) in [4.78, 5) is 28.3. The molecule has 0 saturated carbocycles. The standard InChI is InChI=1S/C13H18N4O2/c1-3-14-8(2)6-12(18)15-9-4-5-10-11(7-9)17-13(19)16-10/h4-5,7-8,14H,3,6H2,1-2H3,(H,15,18)(H2,16,17,19). The van der Waals surface area contributed by atoms with Gasteiger partial charge in [0.05, 0.1) is 11.0 Å². The Labute approximate surface area is 110 Å². The number of H-pyrrole nitrogens is 2. The monoisotopic (exact) mass is 262 g/mol. The predicted molar refractivity (Wildman–Crippen MR) is 75.3 cm³/mol. The van der Waals surface area contributed by atoms with E-state index in [4.69, 9.17) is 0 Å². The number of fused-ring (bicyclic) bond motifs is 1. The maximum atomic E-state index is 11.8. The first kappa shape index (κ1) is 13.4. The van der Waals surface area contributed by atoms with Crippen LogP contribution < -0.4 is 16.3 Å². The van der Waals surface area contributed by atoms with Crippen LogP contribution in [0.5, 0.6) is 0 Å². The summed E-state index contributed by atoms with van der Waals surface area (Å²) in [5.41, 5.74) is 1.84. The third kappa shape index (κ3) is 3.45. The van der Waals surface area contributed by atoms with E-state index < -0.39 is 0 Å². The van der Waals surface area contributed by atoms with Crippen LogP contribution in [0.3, 0.4) is 0 Å². The van der Waals surface area contributed by atoms with E-state index in [0.717, 1.165) is 12.1 Å². The molecule has 0 aliphatic rings. The van der Waals surface area contributed by atoms with Crippen LogP contribution in [0.2, 0.25) is 0 Å². The first-order chi connectivity index (χ1) is 9.08. The van der Waals surface area contributed by atoms with Crippen molar-refractivity contribution in [3.8, 4) is 0 Å². The quantitative estimate of drug-likeness (QED) is 0.652. The summed E-state index contributed by atoms with van der Waals surface area (Å²) in [7, 11) is 0. The van der Waals surface area contributed by atoms with Gasteiger partial charge in [-0.15, -0.1) is 0 Å². The number of amides is 1. The zero-order valence-corrected chi connectivity index (χ0v) is 11.0. The van der Waals surface area contributed by atoms with E-state index in [2.05, 4.69) is 20.6 Å². The molecular weight excluding hydrogens is 244 g/mol. The summed E-state index contributed by atoms with van der Waals surface area (Å²) in [6.07, 6.45) is 0.412. The molecule has 1 heterocycles. The average Bonchev–Trinajstić information content (AvgIpc) is 2.68. The van der Waals surface area contributed by atoms with Crippen molar-refractivity contribution < 1.29 is 4.79 Å². The molecule has 1 aromatic carbocycles. The fourth-order valence-electron chi connectivity index (χ4n) is 2.02. The number of benzene rings is 1. The molecule has 0 fully saturated rings. The molecular formula is C13H18N4O2. The molecule has 2 aromatic rings. The highest BCUT2D eigenvalue weighted by Crippen LogP contribution is 2.14. The molecule has 4 N–H and O–H groups in total. The van der Waals surface area contributed by atoms with Gasteiger partial charge >= 0.3 is 5.69 Å². The highest BCUT2D eigenvalue weighted by molar-refractivity contribution is 5.93. The first-order valence-corrected chi connectivity index (χ1v) is 6.33. The molecule has 0 saturated heterocycles. The smallest absolute Gasteiger partial charge is 0.323 e. The van der Waals surface area contributed by atoms with Crippen LogP contribution in [-0.4, -0.2) is 28.5 Å². The molecule has 1 aromatic heterocycles. The van der Waals surface area contributed by atoms with E-state index >= 15 is 0 Å². The number of aromatic amines is 2. The minimum absolute atomic E-state index is 0.0503. The lowest BCUT2D eigenvalue weighted by Crippen LogP contribution is -2.30. The third-order valence-electron chi connectivity index (χ3n) is 2.84. The van der Waals surface area contributed by atoms with Gasteiger partial charge in [0.1, 0.15) is 0 Å². The minimum Gasteiger partial charge on any atom is -0.326 e. The van der Waals surface area contributed by atoms with Crippen molar-refractivity contribution in [2.75, 3.05) is 11.9 Å². The average molecular weight is 262 g/mol. The fraction of sp³-hybridized carbons (Fsp3) is 0.385. The molecule has 6 nitrogen and oxygen atoms in total. The molecule has 19 heavy (non-hydrogen) atoms. The molecule has 6 heteroatoms. The Morgan fingerprint density at radius 1 is 1.32 bits per heavy atom. The number of carbonyl (C=O) groups excluding carboxylic acids is 1. The van der Waals surface area contributed by atoms with Crippen molar-refractivity contribution in [2.24, 2.45) is 0 Å². The zero-order valence-electron chi connectivity index (χ0n) is 11.0. The SMILES string of the molecule is CCNC(C)CC(=O)Nc1ccc2[nH]c(=O)[nH]c2c1. The maximum Gasteiger partial charge on any atom is 0.323 e. The normalized spacial score (nSPS) is 12.5. The van der Waals surface area contributed by atoms with Crippen LogP contribution in [0, 0.1) is 0 Å². The van der Waals surface area contributed by atoms with Gasteiger partial charge < -0.3 is 20.6 Å². The van der Waals surface area contributed by atoms with Crippen LogP contribution in [0.1, 0.15) is 20.3 Å². The Kier molecular flexibility index (Phi) is 4.01. The van der Waals surface area contributed by atoms with Gasteiger partial charge in [-0.1, -0.05) is 6.92 Å². The van der Waals surface area contributed by atoms with Crippen molar-refractivity contribution in [2.45, 2.75) is 26.3 Å².